The standard InChI is InChI=1S/C23H29NO4S/c1-22(2,3)17-12-15(13-18(20(17)25)23(4,5)6)14-19(21(24)26)29(27,28)16-10-8-7-9-11-16/h7-14,25H,1-6H3,(H2,24,26)/b19-14-. The number of phenolic OH excluding ortho intramolecular Hbond substituents is 1. The van der Waals surface area contributed by atoms with Crippen molar-refractivity contribution < 1.29 is 18.3 Å². The molecule has 0 atom stereocenters. The average molecular weight is 416 g/mol. The number of aromatic hydroxyl groups is 1. The number of hydrogen-bond donors (Lipinski definition) is 2. The molecule has 156 valence electrons. The van der Waals surface area contributed by atoms with E-state index in [0.717, 1.165) is 0 Å². The van der Waals surface area contributed by atoms with Gasteiger partial charge in [0.05, 0.1) is 4.90 Å². The zero-order valence-electron chi connectivity index (χ0n) is 17.8. The topological polar surface area (TPSA) is 97.5 Å². The van der Waals surface area contributed by atoms with Crippen LogP contribution in [-0.2, 0) is 25.5 Å². The third-order valence-electron chi connectivity index (χ3n) is 4.63. The Balaban J connectivity index is 2.80. The van der Waals surface area contributed by atoms with Crippen molar-refractivity contribution in [3.63, 3.8) is 0 Å². The Hall–Kier alpha value is -2.60. The molecule has 0 aromatic heterocycles. The Kier molecular flexibility index (Phi) is 6.00. The largest absolute Gasteiger partial charge is 0.507 e. The fourth-order valence-corrected chi connectivity index (χ4v) is 4.37. The first-order valence-electron chi connectivity index (χ1n) is 9.35. The minimum Gasteiger partial charge on any atom is -0.507 e. The molecule has 0 radical (unpaired) electrons. The first-order chi connectivity index (χ1) is 13.2. The lowest BCUT2D eigenvalue weighted by Crippen LogP contribution is -2.21. The predicted molar refractivity (Wildman–Crippen MR) is 116 cm³/mol. The summed E-state index contributed by atoms with van der Waals surface area (Å²) in [7, 11) is -4.08. The fourth-order valence-electron chi connectivity index (χ4n) is 3.04. The third-order valence-corrected chi connectivity index (χ3v) is 6.42. The maximum absolute atomic E-state index is 13.0. The van der Waals surface area contributed by atoms with Crippen LogP contribution in [0.5, 0.6) is 5.75 Å². The van der Waals surface area contributed by atoms with Crippen molar-refractivity contribution in [3.05, 3.63) is 64.1 Å². The molecule has 0 fully saturated rings. The number of carbonyl (C=O) groups is 1. The normalized spacial score (nSPS) is 13.4. The molecule has 29 heavy (non-hydrogen) atoms. The van der Waals surface area contributed by atoms with Crippen LogP contribution in [0.1, 0.15) is 58.2 Å². The van der Waals surface area contributed by atoms with Gasteiger partial charge in [0.25, 0.3) is 5.91 Å². The van der Waals surface area contributed by atoms with Crippen LogP contribution < -0.4 is 5.73 Å². The highest BCUT2D eigenvalue weighted by Gasteiger charge is 2.28. The van der Waals surface area contributed by atoms with Gasteiger partial charge in [0.1, 0.15) is 10.7 Å². The van der Waals surface area contributed by atoms with Gasteiger partial charge in [0.15, 0.2) is 0 Å². The van der Waals surface area contributed by atoms with Gasteiger partial charge in [-0.2, -0.15) is 0 Å². The van der Waals surface area contributed by atoms with Crippen molar-refractivity contribution in [2.45, 2.75) is 57.3 Å². The molecule has 3 N–H and O–H groups in total. The summed E-state index contributed by atoms with van der Waals surface area (Å²) in [4.78, 5) is 11.6. The van der Waals surface area contributed by atoms with Crippen LogP contribution in [0.3, 0.4) is 0 Å². The number of carbonyl (C=O) groups excluding carboxylic acids is 1. The summed E-state index contributed by atoms with van der Waals surface area (Å²) in [6.07, 6.45) is 1.29. The van der Waals surface area contributed by atoms with E-state index in [-0.39, 0.29) is 21.5 Å². The van der Waals surface area contributed by atoms with Crippen LogP contribution in [-0.4, -0.2) is 19.4 Å². The summed E-state index contributed by atoms with van der Waals surface area (Å²) < 4.78 is 26.0. The van der Waals surface area contributed by atoms with E-state index < -0.39 is 20.6 Å². The molecule has 5 nitrogen and oxygen atoms in total. The third kappa shape index (κ3) is 4.88. The Morgan fingerprint density at radius 1 is 0.931 bits per heavy atom. The second kappa shape index (κ2) is 7.67. The summed E-state index contributed by atoms with van der Waals surface area (Å²) in [5.74, 6) is -0.856. The summed E-state index contributed by atoms with van der Waals surface area (Å²) in [5, 5.41) is 10.8. The number of rotatable bonds is 4. The van der Waals surface area contributed by atoms with Crippen LogP contribution in [0.2, 0.25) is 0 Å². The number of amides is 1. The van der Waals surface area contributed by atoms with Crippen LogP contribution in [0.4, 0.5) is 0 Å². The summed E-state index contributed by atoms with van der Waals surface area (Å²) in [6, 6.07) is 11.1. The number of hydrogen-bond acceptors (Lipinski definition) is 4. The molecule has 0 aliphatic carbocycles. The number of sulfone groups is 1. The molecule has 0 aliphatic heterocycles. The molecule has 0 saturated heterocycles. The fraction of sp³-hybridized carbons (Fsp3) is 0.348. The second-order valence-electron chi connectivity index (χ2n) is 9.15. The monoisotopic (exact) mass is 415 g/mol. The highest BCUT2D eigenvalue weighted by Crippen LogP contribution is 2.40. The Bertz CT molecular complexity index is 1020. The first kappa shape index (κ1) is 22.7. The zero-order valence-corrected chi connectivity index (χ0v) is 18.6. The average Bonchev–Trinajstić information content (AvgIpc) is 2.59. The number of primary amides is 1. The minimum atomic E-state index is -4.08. The van der Waals surface area contributed by atoms with Gasteiger partial charge < -0.3 is 10.8 Å². The van der Waals surface area contributed by atoms with Crippen molar-refractivity contribution in [2.24, 2.45) is 5.73 Å². The Morgan fingerprint density at radius 2 is 1.38 bits per heavy atom. The van der Waals surface area contributed by atoms with Crippen molar-refractivity contribution in [3.8, 4) is 5.75 Å². The van der Waals surface area contributed by atoms with Gasteiger partial charge in [-0.05, 0) is 46.7 Å². The van der Waals surface area contributed by atoms with E-state index in [1.54, 1.807) is 30.3 Å². The molecule has 1 amide bonds. The zero-order chi connectivity index (χ0) is 22.2. The van der Waals surface area contributed by atoms with E-state index in [9.17, 15) is 18.3 Å². The highest BCUT2D eigenvalue weighted by atomic mass is 32.2. The number of benzene rings is 2. The first-order valence-corrected chi connectivity index (χ1v) is 10.8. The van der Waals surface area contributed by atoms with Crippen molar-refractivity contribution in [1.82, 2.24) is 0 Å². The highest BCUT2D eigenvalue weighted by molar-refractivity contribution is 7.96. The lowest BCUT2D eigenvalue weighted by Gasteiger charge is -2.28. The van der Waals surface area contributed by atoms with Gasteiger partial charge in [-0.3, -0.25) is 4.79 Å². The van der Waals surface area contributed by atoms with Gasteiger partial charge in [0.2, 0.25) is 9.84 Å². The van der Waals surface area contributed by atoms with Crippen molar-refractivity contribution in [1.29, 1.82) is 0 Å². The minimum absolute atomic E-state index is 0.00378. The van der Waals surface area contributed by atoms with E-state index >= 15 is 0 Å². The van der Waals surface area contributed by atoms with E-state index in [1.165, 1.54) is 18.2 Å². The summed E-state index contributed by atoms with van der Waals surface area (Å²) in [6.45, 7) is 11.7. The molecule has 0 spiro atoms. The molecule has 6 heteroatoms. The van der Waals surface area contributed by atoms with Crippen molar-refractivity contribution in [2.75, 3.05) is 0 Å². The summed E-state index contributed by atoms with van der Waals surface area (Å²) >= 11 is 0. The van der Waals surface area contributed by atoms with Crippen LogP contribution in [0.25, 0.3) is 6.08 Å². The molecule has 2 rings (SSSR count). The predicted octanol–water partition coefficient (Wildman–Crippen LogP) is 4.29. The van der Waals surface area contributed by atoms with Gasteiger partial charge in [0, 0.05) is 11.1 Å². The molecule has 0 aliphatic rings. The molecular weight excluding hydrogens is 386 g/mol. The maximum atomic E-state index is 13.0. The van der Waals surface area contributed by atoms with Gasteiger partial charge >= 0.3 is 0 Å². The van der Waals surface area contributed by atoms with E-state index in [1.807, 2.05) is 41.5 Å². The number of phenols is 1. The molecule has 0 saturated carbocycles. The number of nitrogens with two attached hydrogens (primary N) is 1. The van der Waals surface area contributed by atoms with Gasteiger partial charge in [-0.15, -0.1) is 0 Å². The smallest absolute Gasteiger partial charge is 0.260 e. The SMILES string of the molecule is CC(C)(C)c1cc(/C=C(/C(N)=O)S(=O)(=O)c2ccccc2)cc(C(C)(C)C)c1O. The second-order valence-corrected chi connectivity index (χ2v) is 11.1. The van der Waals surface area contributed by atoms with Crippen LogP contribution >= 0.6 is 0 Å². The Morgan fingerprint density at radius 3 is 1.76 bits per heavy atom. The van der Waals surface area contributed by atoms with Crippen LogP contribution in [0, 0.1) is 0 Å². The van der Waals surface area contributed by atoms with E-state index in [0.29, 0.717) is 16.7 Å². The van der Waals surface area contributed by atoms with Crippen molar-refractivity contribution >= 4 is 21.8 Å². The van der Waals surface area contributed by atoms with Gasteiger partial charge in [-0.1, -0.05) is 59.7 Å². The lowest BCUT2D eigenvalue weighted by molar-refractivity contribution is -0.113. The van der Waals surface area contributed by atoms with Gasteiger partial charge in [-0.25, -0.2) is 8.42 Å². The maximum Gasteiger partial charge on any atom is 0.260 e. The quantitative estimate of drug-likeness (QED) is 0.728. The molecule has 0 heterocycles. The molecular formula is C23H29NO4S. The molecule has 0 unspecified atom stereocenters. The molecule has 2 aromatic carbocycles. The molecule has 0 bridgehead atoms. The van der Waals surface area contributed by atoms with Crippen LogP contribution in [0.15, 0.2) is 52.3 Å². The lowest BCUT2D eigenvalue weighted by atomic mass is 9.78. The Labute approximate surface area is 173 Å². The summed E-state index contributed by atoms with van der Waals surface area (Å²) in [5.41, 5.74) is 6.49. The van der Waals surface area contributed by atoms with E-state index in [4.69, 9.17) is 5.73 Å². The molecule has 2 aromatic rings. The van der Waals surface area contributed by atoms with E-state index in [2.05, 4.69) is 0 Å².